The summed E-state index contributed by atoms with van der Waals surface area (Å²) in [5.41, 5.74) is 0.868. The molecule has 2 aliphatic rings. The summed E-state index contributed by atoms with van der Waals surface area (Å²) < 4.78 is 20.0. The Balaban J connectivity index is 1.65. The summed E-state index contributed by atoms with van der Waals surface area (Å²) >= 11 is 0. The number of cyclic esters (lactones) is 1. The maximum absolute atomic E-state index is 14.8. The van der Waals surface area contributed by atoms with Crippen molar-refractivity contribution in [2.75, 3.05) is 42.5 Å². The molecule has 1 aromatic rings. The lowest BCUT2D eigenvalue weighted by atomic mass is 9.94. The number of ether oxygens (including phenoxy) is 1. The molecular formula is C20H25FN4O4. The lowest BCUT2D eigenvalue weighted by molar-refractivity contribution is 0.0987. The van der Waals surface area contributed by atoms with Gasteiger partial charge in [-0.3, -0.25) is 4.90 Å². The monoisotopic (exact) mass is 404 g/mol. The minimum absolute atomic E-state index is 0.0757. The fourth-order valence-electron chi connectivity index (χ4n) is 3.84. The summed E-state index contributed by atoms with van der Waals surface area (Å²) in [5, 5.41) is 17.9. The van der Waals surface area contributed by atoms with Gasteiger partial charge in [0, 0.05) is 26.1 Å². The number of carboxylic acid groups (broad SMARTS) is 1. The van der Waals surface area contributed by atoms with Crippen molar-refractivity contribution in [1.29, 1.82) is 5.26 Å². The van der Waals surface area contributed by atoms with Gasteiger partial charge in [0.15, 0.2) is 0 Å². The highest BCUT2D eigenvalue weighted by Gasteiger charge is 2.34. The van der Waals surface area contributed by atoms with Gasteiger partial charge in [-0.2, -0.15) is 5.26 Å². The third-order valence-corrected chi connectivity index (χ3v) is 5.53. The third-order valence-electron chi connectivity index (χ3n) is 5.53. The fraction of sp³-hybridized carbons (Fsp3) is 0.550. The lowest BCUT2D eigenvalue weighted by Crippen LogP contribution is -2.38. The molecule has 0 radical (unpaired) electrons. The van der Waals surface area contributed by atoms with E-state index in [0.717, 1.165) is 12.8 Å². The SMILES string of the molecule is CCN(CC1CN(c2ccc(N3CCC(CC#N)CC3)c(F)c2)C(=O)O1)C(=O)O. The molecule has 0 saturated carbocycles. The molecule has 1 N–H and O–H groups in total. The molecule has 2 heterocycles. The maximum Gasteiger partial charge on any atom is 0.414 e. The van der Waals surface area contributed by atoms with Crippen LogP contribution in [0.1, 0.15) is 26.2 Å². The van der Waals surface area contributed by atoms with Crippen molar-refractivity contribution in [3.8, 4) is 6.07 Å². The summed E-state index contributed by atoms with van der Waals surface area (Å²) in [5.74, 6) is -0.0541. The Morgan fingerprint density at radius 3 is 2.72 bits per heavy atom. The van der Waals surface area contributed by atoms with Crippen LogP contribution in [-0.2, 0) is 4.74 Å². The second kappa shape index (κ2) is 8.99. The van der Waals surface area contributed by atoms with Crippen LogP contribution in [0.5, 0.6) is 0 Å². The van der Waals surface area contributed by atoms with E-state index in [1.165, 1.54) is 15.9 Å². The predicted octanol–water partition coefficient (Wildman–Crippen LogP) is 3.28. The van der Waals surface area contributed by atoms with Crippen LogP contribution in [-0.4, -0.2) is 61.0 Å². The Kier molecular flexibility index (Phi) is 6.42. The number of carbonyl (C=O) groups excluding carboxylic acids is 1. The van der Waals surface area contributed by atoms with Gasteiger partial charge in [0.05, 0.1) is 30.5 Å². The van der Waals surface area contributed by atoms with E-state index in [-0.39, 0.29) is 19.6 Å². The molecule has 0 bridgehead atoms. The maximum atomic E-state index is 14.8. The molecule has 1 aromatic carbocycles. The summed E-state index contributed by atoms with van der Waals surface area (Å²) in [6.45, 7) is 3.63. The molecule has 2 fully saturated rings. The van der Waals surface area contributed by atoms with Crippen molar-refractivity contribution in [3.05, 3.63) is 24.0 Å². The van der Waals surface area contributed by atoms with Gasteiger partial charge in [-0.15, -0.1) is 0 Å². The molecule has 1 unspecified atom stereocenters. The number of hydrogen-bond acceptors (Lipinski definition) is 5. The smallest absolute Gasteiger partial charge is 0.414 e. The van der Waals surface area contributed by atoms with Gasteiger partial charge >= 0.3 is 12.2 Å². The summed E-state index contributed by atoms with van der Waals surface area (Å²) in [7, 11) is 0. The Hall–Kier alpha value is -3.02. The molecule has 0 aromatic heterocycles. The van der Waals surface area contributed by atoms with Gasteiger partial charge in [-0.05, 0) is 43.9 Å². The number of amides is 2. The molecule has 2 aliphatic heterocycles. The zero-order valence-corrected chi connectivity index (χ0v) is 16.4. The van der Waals surface area contributed by atoms with Crippen LogP contribution in [0.15, 0.2) is 18.2 Å². The van der Waals surface area contributed by atoms with Crippen LogP contribution in [0.4, 0.5) is 25.4 Å². The first-order valence-electron chi connectivity index (χ1n) is 9.80. The standard InChI is InChI=1S/C20H25FN4O4/c1-2-23(19(26)27)12-16-13-25(20(28)29-16)15-3-4-18(17(21)11-15)24-9-6-14(5-8-22)7-10-24/h3-4,11,14,16H,2,5-7,9-10,12-13H2,1H3,(H,26,27). The van der Waals surface area contributed by atoms with E-state index in [2.05, 4.69) is 6.07 Å². The zero-order chi connectivity index (χ0) is 21.0. The van der Waals surface area contributed by atoms with Crippen LogP contribution in [0, 0.1) is 23.1 Å². The van der Waals surface area contributed by atoms with Gasteiger partial charge < -0.3 is 19.6 Å². The molecule has 156 valence electrons. The van der Waals surface area contributed by atoms with Gasteiger partial charge in [-0.25, -0.2) is 14.0 Å². The summed E-state index contributed by atoms with van der Waals surface area (Å²) in [4.78, 5) is 27.8. The van der Waals surface area contributed by atoms with Gasteiger partial charge in [0.1, 0.15) is 11.9 Å². The number of piperidine rings is 1. The van der Waals surface area contributed by atoms with E-state index in [0.29, 0.717) is 36.8 Å². The molecule has 1 atom stereocenters. The molecule has 29 heavy (non-hydrogen) atoms. The quantitative estimate of drug-likeness (QED) is 0.782. The molecule has 8 nitrogen and oxygen atoms in total. The molecule has 2 amide bonds. The largest absolute Gasteiger partial charge is 0.465 e. The molecule has 3 rings (SSSR count). The average molecular weight is 404 g/mol. The highest BCUT2D eigenvalue weighted by Crippen LogP contribution is 2.31. The average Bonchev–Trinajstić information content (AvgIpc) is 3.07. The van der Waals surface area contributed by atoms with E-state index in [1.807, 2.05) is 4.90 Å². The number of nitrogens with zero attached hydrogens (tertiary/aromatic N) is 4. The van der Waals surface area contributed by atoms with Crippen molar-refractivity contribution < 1.29 is 23.8 Å². The van der Waals surface area contributed by atoms with E-state index in [1.54, 1.807) is 19.1 Å². The topological polar surface area (TPSA) is 97.1 Å². The summed E-state index contributed by atoms with van der Waals surface area (Å²) in [6.07, 6.45) is -0.0406. The number of halogens is 1. The minimum Gasteiger partial charge on any atom is -0.465 e. The van der Waals surface area contributed by atoms with E-state index >= 15 is 0 Å². The third kappa shape index (κ3) is 4.70. The van der Waals surface area contributed by atoms with Crippen LogP contribution >= 0.6 is 0 Å². The first-order valence-corrected chi connectivity index (χ1v) is 9.80. The van der Waals surface area contributed by atoms with E-state index in [9.17, 15) is 14.0 Å². The Morgan fingerprint density at radius 1 is 1.41 bits per heavy atom. The van der Waals surface area contributed by atoms with Crippen LogP contribution in [0.3, 0.4) is 0 Å². The van der Waals surface area contributed by atoms with Crippen molar-refractivity contribution >= 4 is 23.6 Å². The molecular weight excluding hydrogens is 379 g/mol. The second-order valence-corrected chi connectivity index (χ2v) is 7.37. The number of benzene rings is 1. The fourth-order valence-corrected chi connectivity index (χ4v) is 3.84. The van der Waals surface area contributed by atoms with Crippen molar-refractivity contribution in [3.63, 3.8) is 0 Å². The van der Waals surface area contributed by atoms with E-state index < -0.39 is 24.1 Å². The molecule has 9 heteroatoms. The van der Waals surface area contributed by atoms with Gasteiger partial charge in [-0.1, -0.05) is 0 Å². The number of anilines is 2. The number of likely N-dealkylation sites (N-methyl/N-ethyl adjacent to an activating group) is 1. The van der Waals surface area contributed by atoms with Gasteiger partial charge in [0.25, 0.3) is 0 Å². The zero-order valence-electron chi connectivity index (χ0n) is 16.4. The predicted molar refractivity (Wildman–Crippen MR) is 104 cm³/mol. The van der Waals surface area contributed by atoms with Crippen molar-refractivity contribution in [2.24, 2.45) is 5.92 Å². The van der Waals surface area contributed by atoms with Gasteiger partial charge in [0.2, 0.25) is 0 Å². The number of carbonyl (C=O) groups is 2. The molecule has 0 aliphatic carbocycles. The number of nitriles is 1. The van der Waals surface area contributed by atoms with Crippen molar-refractivity contribution in [1.82, 2.24) is 4.90 Å². The molecule has 0 spiro atoms. The lowest BCUT2D eigenvalue weighted by Gasteiger charge is -2.33. The second-order valence-electron chi connectivity index (χ2n) is 7.37. The normalized spacial score (nSPS) is 19.8. The first kappa shape index (κ1) is 20.7. The molecule has 2 saturated heterocycles. The van der Waals surface area contributed by atoms with Crippen LogP contribution < -0.4 is 9.80 Å². The summed E-state index contributed by atoms with van der Waals surface area (Å²) in [6, 6.07) is 6.85. The highest BCUT2D eigenvalue weighted by molar-refractivity contribution is 5.90. The Morgan fingerprint density at radius 2 is 2.14 bits per heavy atom. The van der Waals surface area contributed by atoms with Crippen LogP contribution in [0.2, 0.25) is 0 Å². The highest BCUT2D eigenvalue weighted by atomic mass is 19.1. The van der Waals surface area contributed by atoms with Crippen molar-refractivity contribution in [2.45, 2.75) is 32.3 Å². The number of hydrogen-bond donors (Lipinski definition) is 1. The Bertz CT molecular complexity index is 804. The van der Waals surface area contributed by atoms with E-state index in [4.69, 9.17) is 15.1 Å². The first-order chi connectivity index (χ1) is 13.9. The minimum atomic E-state index is -1.07. The Labute approximate surface area is 169 Å². The van der Waals surface area contributed by atoms with Crippen LogP contribution in [0.25, 0.3) is 0 Å². The number of rotatable bonds is 6.